The van der Waals surface area contributed by atoms with E-state index in [9.17, 15) is 14.4 Å². The van der Waals surface area contributed by atoms with Crippen LogP contribution in [0.25, 0.3) is 11.1 Å². The first-order chi connectivity index (χ1) is 17.2. The van der Waals surface area contributed by atoms with Crippen LogP contribution in [0.4, 0.5) is 16.2 Å². The Morgan fingerprint density at radius 3 is 2.36 bits per heavy atom. The number of hydrogen-bond acceptors (Lipinski definition) is 5. The van der Waals surface area contributed by atoms with E-state index in [1.165, 1.54) is 6.92 Å². The van der Waals surface area contributed by atoms with E-state index < -0.39 is 6.09 Å². The van der Waals surface area contributed by atoms with E-state index in [0.29, 0.717) is 30.0 Å². The number of carbonyl (C=O) groups excluding carboxylic acids is 3. The first-order valence-corrected chi connectivity index (χ1v) is 12.7. The van der Waals surface area contributed by atoms with Gasteiger partial charge in [0, 0.05) is 38.2 Å². The van der Waals surface area contributed by atoms with E-state index in [-0.39, 0.29) is 30.0 Å². The average Bonchev–Trinajstić information content (AvgIpc) is 2.86. The van der Waals surface area contributed by atoms with Gasteiger partial charge < -0.3 is 20.3 Å². The van der Waals surface area contributed by atoms with Gasteiger partial charge in [-0.05, 0) is 75.4 Å². The standard InChI is InChI=1S/C28H36N4O4/c1-18(2)36-28(35)31-17-19(3)32(20(4)33)25-13-12-23(15-26(25)31)21-8-10-22(11-9-21)27(34)30-14-6-5-7-24(30)16-29/h8-13,15,18-19,24H,5-7,14,16-17,29H2,1-4H3/t19-,24?/m0/s1. The second-order valence-electron chi connectivity index (χ2n) is 9.95. The number of nitrogens with two attached hydrogens (primary N) is 1. The van der Waals surface area contributed by atoms with Gasteiger partial charge in [-0.2, -0.15) is 0 Å². The topological polar surface area (TPSA) is 96.2 Å². The Morgan fingerprint density at radius 1 is 1.03 bits per heavy atom. The summed E-state index contributed by atoms with van der Waals surface area (Å²) >= 11 is 0. The highest BCUT2D eigenvalue weighted by Gasteiger charge is 2.35. The molecule has 2 heterocycles. The molecule has 3 amide bonds. The quantitative estimate of drug-likeness (QED) is 0.682. The number of anilines is 2. The van der Waals surface area contributed by atoms with Gasteiger partial charge in [0.05, 0.1) is 23.5 Å². The third-order valence-corrected chi connectivity index (χ3v) is 6.93. The van der Waals surface area contributed by atoms with Gasteiger partial charge in [-0.1, -0.05) is 18.2 Å². The zero-order valence-electron chi connectivity index (χ0n) is 21.6. The summed E-state index contributed by atoms with van der Waals surface area (Å²) in [6.45, 7) is 8.63. The van der Waals surface area contributed by atoms with Crippen molar-refractivity contribution >= 4 is 29.3 Å². The van der Waals surface area contributed by atoms with Crippen molar-refractivity contribution in [2.24, 2.45) is 5.73 Å². The molecule has 0 aliphatic carbocycles. The van der Waals surface area contributed by atoms with Gasteiger partial charge in [0.2, 0.25) is 5.91 Å². The average molecular weight is 493 g/mol. The molecule has 1 fully saturated rings. The molecule has 2 N–H and O–H groups in total. The highest BCUT2D eigenvalue weighted by atomic mass is 16.6. The molecule has 1 unspecified atom stereocenters. The van der Waals surface area contributed by atoms with E-state index in [2.05, 4.69) is 0 Å². The van der Waals surface area contributed by atoms with Gasteiger partial charge >= 0.3 is 6.09 Å². The molecule has 36 heavy (non-hydrogen) atoms. The number of likely N-dealkylation sites (tertiary alicyclic amines) is 1. The normalized spacial score (nSPS) is 19.8. The van der Waals surface area contributed by atoms with E-state index in [0.717, 1.165) is 36.9 Å². The molecule has 0 spiro atoms. The van der Waals surface area contributed by atoms with E-state index >= 15 is 0 Å². The monoisotopic (exact) mass is 492 g/mol. The zero-order valence-corrected chi connectivity index (χ0v) is 21.6. The second-order valence-corrected chi connectivity index (χ2v) is 9.95. The predicted octanol–water partition coefficient (Wildman–Crippen LogP) is 4.41. The summed E-state index contributed by atoms with van der Waals surface area (Å²) in [6, 6.07) is 13.1. The number of amides is 3. The summed E-state index contributed by atoms with van der Waals surface area (Å²) in [6.07, 6.45) is 2.36. The minimum atomic E-state index is -0.435. The summed E-state index contributed by atoms with van der Waals surface area (Å²) in [5.41, 5.74) is 9.64. The summed E-state index contributed by atoms with van der Waals surface area (Å²) in [7, 11) is 0. The van der Waals surface area contributed by atoms with Crippen LogP contribution in [0.3, 0.4) is 0 Å². The molecule has 0 radical (unpaired) electrons. The molecular weight excluding hydrogens is 456 g/mol. The number of benzene rings is 2. The lowest BCUT2D eigenvalue weighted by Gasteiger charge is -2.40. The number of nitrogens with zero attached hydrogens (tertiary/aromatic N) is 3. The van der Waals surface area contributed by atoms with Gasteiger partial charge in [-0.3, -0.25) is 14.5 Å². The van der Waals surface area contributed by atoms with Gasteiger partial charge in [-0.25, -0.2) is 4.79 Å². The summed E-state index contributed by atoms with van der Waals surface area (Å²) in [5.74, 6) is -0.0689. The summed E-state index contributed by atoms with van der Waals surface area (Å²) in [4.78, 5) is 43.6. The lowest BCUT2D eigenvalue weighted by Crippen LogP contribution is -2.51. The molecule has 0 saturated carbocycles. The predicted molar refractivity (Wildman–Crippen MR) is 141 cm³/mol. The summed E-state index contributed by atoms with van der Waals surface area (Å²) in [5, 5.41) is 0. The summed E-state index contributed by atoms with van der Waals surface area (Å²) < 4.78 is 5.49. The SMILES string of the molecule is CC(=O)N1c2ccc(-c3ccc(C(=O)N4CCCCC4CN)cc3)cc2N(C(=O)OC(C)C)C[C@@H]1C. The molecule has 2 atom stereocenters. The number of ether oxygens (including phenoxy) is 1. The van der Waals surface area contributed by atoms with Crippen LogP contribution in [-0.2, 0) is 9.53 Å². The number of piperidine rings is 1. The van der Waals surface area contributed by atoms with Crippen molar-refractivity contribution in [2.75, 3.05) is 29.4 Å². The van der Waals surface area contributed by atoms with Gasteiger partial charge in [0.15, 0.2) is 0 Å². The van der Waals surface area contributed by atoms with Crippen molar-refractivity contribution < 1.29 is 19.1 Å². The maximum atomic E-state index is 13.1. The third kappa shape index (κ3) is 5.09. The lowest BCUT2D eigenvalue weighted by molar-refractivity contribution is -0.117. The van der Waals surface area contributed by atoms with Crippen LogP contribution in [0.1, 0.15) is 57.3 Å². The van der Waals surface area contributed by atoms with E-state index in [4.69, 9.17) is 10.5 Å². The minimum absolute atomic E-state index is 0.0100. The number of rotatable bonds is 4. The molecule has 1 saturated heterocycles. The van der Waals surface area contributed by atoms with Gasteiger partial charge in [-0.15, -0.1) is 0 Å². The van der Waals surface area contributed by atoms with Crippen LogP contribution in [0.2, 0.25) is 0 Å². The molecule has 2 aliphatic rings. The van der Waals surface area contributed by atoms with E-state index in [1.54, 1.807) is 9.80 Å². The molecule has 2 aromatic rings. The Balaban J connectivity index is 1.65. The fraction of sp³-hybridized carbons (Fsp3) is 0.464. The van der Waals surface area contributed by atoms with Crippen LogP contribution >= 0.6 is 0 Å². The van der Waals surface area contributed by atoms with Crippen molar-refractivity contribution in [3.8, 4) is 11.1 Å². The molecule has 4 rings (SSSR count). The smallest absolute Gasteiger partial charge is 0.414 e. The maximum absolute atomic E-state index is 13.1. The molecule has 2 aromatic carbocycles. The highest BCUT2D eigenvalue weighted by Crippen LogP contribution is 2.39. The number of hydrogen-bond donors (Lipinski definition) is 1. The maximum Gasteiger partial charge on any atom is 0.414 e. The largest absolute Gasteiger partial charge is 0.446 e. The Morgan fingerprint density at radius 2 is 1.72 bits per heavy atom. The molecule has 8 heteroatoms. The van der Waals surface area contributed by atoms with Crippen molar-refractivity contribution in [1.29, 1.82) is 0 Å². The Bertz CT molecular complexity index is 1130. The van der Waals surface area contributed by atoms with Crippen molar-refractivity contribution in [1.82, 2.24) is 4.90 Å². The first kappa shape index (κ1) is 25.7. The number of carbonyl (C=O) groups is 3. The fourth-order valence-electron chi connectivity index (χ4n) is 5.21. The van der Waals surface area contributed by atoms with Crippen LogP contribution in [0.15, 0.2) is 42.5 Å². The molecule has 0 aromatic heterocycles. The Labute approximate surface area is 213 Å². The Kier molecular flexibility index (Phi) is 7.64. The number of fused-ring (bicyclic) bond motifs is 1. The fourth-order valence-corrected chi connectivity index (χ4v) is 5.21. The second kappa shape index (κ2) is 10.7. The van der Waals surface area contributed by atoms with Crippen LogP contribution < -0.4 is 15.5 Å². The van der Waals surface area contributed by atoms with Crippen LogP contribution in [-0.4, -0.2) is 60.6 Å². The van der Waals surface area contributed by atoms with Gasteiger partial charge in [0.1, 0.15) is 0 Å². The highest BCUT2D eigenvalue weighted by molar-refractivity contribution is 6.03. The molecule has 0 bridgehead atoms. The molecular formula is C28H36N4O4. The molecule has 8 nitrogen and oxygen atoms in total. The lowest BCUT2D eigenvalue weighted by atomic mass is 9.98. The van der Waals surface area contributed by atoms with Crippen molar-refractivity contribution in [2.45, 2.75) is 65.1 Å². The molecule has 2 aliphatic heterocycles. The van der Waals surface area contributed by atoms with E-state index in [1.807, 2.05) is 68.1 Å². The first-order valence-electron chi connectivity index (χ1n) is 12.7. The van der Waals surface area contributed by atoms with Crippen LogP contribution in [0, 0.1) is 0 Å². The zero-order chi connectivity index (χ0) is 26.0. The van der Waals surface area contributed by atoms with Crippen molar-refractivity contribution in [3.05, 3.63) is 48.0 Å². The Hall–Kier alpha value is -3.39. The third-order valence-electron chi connectivity index (χ3n) is 6.93. The minimum Gasteiger partial charge on any atom is -0.446 e. The van der Waals surface area contributed by atoms with Gasteiger partial charge in [0.25, 0.3) is 5.91 Å². The van der Waals surface area contributed by atoms with Crippen molar-refractivity contribution in [3.63, 3.8) is 0 Å². The van der Waals surface area contributed by atoms with Crippen LogP contribution in [0.5, 0.6) is 0 Å². The molecule has 192 valence electrons.